The minimum Gasteiger partial charge on any atom is -0.345 e. The van der Waals surface area contributed by atoms with Crippen LogP contribution in [0.2, 0.25) is 0 Å². The Kier molecular flexibility index (Phi) is 4.41. The van der Waals surface area contributed by atoms with Crippen LogP contribution in [0, 0.1) is 11.3 Å². The summed E-state index contributed by atoms with van der Waals surface area (Å²) in [5.74, 6) is -0.118. The quantitative estimate of drug-likeness (QED) is 0.848. The van der Waals surface area contributed by atoms with E-state index < -0.39 is 0 Å². The first-order chi connectivity index (χ1) is 9.65. The van der Waals surface area contributed by atoms with Gasteiger partial charge in [0.05, 0.1) is 12.5 Å². The molecule has 0 saturated carbocycles. The summed E-state index contributed by atoms with van der Waals surface area (Å²) in [6, 6.07) is 10.5. The Morgan fingerprint density at radius 1 is 1.45 bits per heavy atom. The van der Waals surface area contributed by atoms with Crippen LogP contribution in [0.3, 0.4) is 0 Å². The molecule has 1 unspecified atom stereocenters. The topological polar surface area (TPSA) is 57.8 Å². The number of carbonyl (C=O) groups excluding carboxylic acids is 1. The highest BCUT2D eigenvalue weighted by Gasteiger charge is 2.09. The zero-order valence-electron chi connectivity index (χ0n) is 11.9. The fourth-order valence-corrected chi connectivity index (χ4v) is 2.27. The van der Waals surface area contributed by atoms with Gasteiger partial charge in [0, 0.05) is 17.8 Å². The molecule has 0 aliphatic heterocycles. The Labute approximate surface area is 119 Å². The predicted octanol–water partition coefficient (Wildman–Crippen LogP) is 2.79. The van der Waals surface area contributed by atoms with Gasteiger partial charge in [0.1, 0.15) is 6.54 Å². The molecule has 2 rings (SSSR count). The van der Waals surface area contributed by atoms with Crippen LogP contribution in [-0.4, -0.2) is 17.0 Å². The van der Waals surface area contributed by atoms with Crippen LogP contribution in [0.15, 0.2) is 30.5 Å². The van der Waals surface area contributed by atoms with Crippen molar-refractivity contribution < 1.29 is 4.79 Å². The number of carbonyl (C=O) groups is 1. The average Bonchev–Trinajstić information content (AvgIpc) is 2.87. The third kappa shape index (κ3) is 3.00. The maximum absolute atomic E-state index is 11.7. The second-order valence-corrected chi connectivity index (χ2v) is 4.99. The summed E-state index contributed by atoms with van der Waals surface area (Å²) in [4.78, 5) is 11.7. The number of benzene rings is 1. The van der Waals surface area contributed by atoms with Crippen LogP contribution in [0.1, 0.15) is 31.9 Å². The molecule has 0 aliphatic rings. The fraction of sp³-hybridized carbons (Fsp3) is 0.375. The largest absolute Gasteiger partial charge is 0.345 e. The summed E-state index contributed by atoms with van der Waals surface area (Å²) in [5, 5.41) is 12.2. The van der Waals surface area contributed by atoms with Crippen molar-refractivity contribution in [2.45, 2.75) is 32.7 Å². The van der Waals surface area contributed by atoms with E-state index in [0.717, 1.165) is 17.5 Å². The molecule has 104 valence electrons. The lowest BCUT2D eigenvalue weighted by molar-refractivity contribution is -0.120. The second kappa shape index (κ2) is 6.25. The number of amides is 1. The number of hydrogen-bond acceptors (Lipinski definition) is 2. The summed E-state index contributed by atoms with van der Waals surface area (Å²) in [6.45, 7) is 4.41. The van der Waals surface area contributed by atoms with Crippen LogP contribution in [-0.2, 0) is 11.2 Å². The maximum atomic E-state index is 11.7. The van der Waals surface area contributed by atoms with Gasteiger partial charge in [-0.25, -0.2) is 0 Å². The molecule has 1 amide bonds. The lowest BCUT2D eigenvalue weighted by atomic mass is 10.1. The van der Waals surface area contributed by atoms with Gasteiger partial charge in [-0.15, -0.1) is 0 Å². The van der Waals surface area contributed by atoms with Crippen molar-refractivity contribution in [2.75, 3.05) is 6.54 Å². The van der Waals surface area contributed by atoms with Gasteiger partial charge >= 0.3 is 0 Å². The van der Waals surface area contributed by atoms with E-state index in [4.69, 9.17) is 5.26 Å². The highest BCUT2D eigenvalue weighted by molar-refractivity contribution is 5.84. The van der Waals surface area contributed by atoms with E-state index in [1.165, 1.54) is 5.39 Å². The maximum Gasteiger partial charge on any atom is 0.225 e. The zero-order chi connectivity index (χ0) is 14.5. The molecule has 0 aliphatic carbocycles. The number of nitrogens with zero attached hydrogens (tertiary/aromatic N) is 2. The molecule has 0 spiro atoms. The predicted molar refractivity (Wildman–Crippen MR) is 79.3 cm³/mol. The molecular formula is C16H19N3O. The third-order valence-electron chi connectivity index (χ3n) is 3.58. The smallest absolute Gasteiger partial charge is 0.225 e. The number of nitrogens with one attached hydrogen (secondary N) is 1. The average molecular weight is 269 g/mol. The SMILES string of the molecule is CCC(C)n1ccc2ccc(CC(=O)NCC#N)cc21. The summed E-state index contributed by atoms with van der Waals surface area (Å²) in [7, 11) is 0. The lowest BCUT2D eigenvalue weighted by Gasteiger charge is -2.13. The monoisotopic (exact) mass is 269 g/mol. The summed E-state index contributed by atoms with van der Waals surface area (Å²) in [6.07, 6.45) is 3.47. The summed E-state index contributed by atoms with van der Waals surface area (Å²) < 4.78 is 2.24. The molecule has 0 bridgehead atoms. The van der Waals surface area contributed by atoms with Crippen molar-refractivity contribution in [3.8, 4) is 6.07 Å². The second-order valence-electron chi connectivity index (χ2n) is 4.99. The fourth-order valence-electron chi connectivity index (χ4n) is 2.27. The van der Waals surface area contributed by atoms with Crippen LogP contribution < -0.4 is 5.32 Å². The van der Waals surface area contributed by atoms with E-state index in [2.05, 4.69) is 42.1 Å². The molecule has 4 nitrogen and oxygen atoms in total. The Bertz CT molecular complexity index is 651. The molecule has 1 N–H and O–H groups in total. The standard InChI is InChI=1S/C16H19N3O/c1-3-12(2)19-9-6-14-5-4-13(10-15(14)19)11-16(20)18-8-7-17/h4-6,9-10,12H,3,8,11H2,1-2H3,(H,18,20). The minimum absolute atomic E-state index is 0.0598. The van der Waals surface area contributed by atoms with Gasteiger partial charge in [-0.05, 0) is 36.4 Å². The Hall–Kier alpha value is -2.28. The van der Waals surface area contributed by atoms with Crippen molar-refractivity contribution in [1.82, 2.24) is 9.88 Å². The molecular weight excluding hydrogens is 250 g/mol. The number of hydrogen-bond donors (Lipinski definition) is 1. The van der Waals surface area contributed by atoms with Gasteiger partial charge < -0.3 is 9.88 Å². The number of nitriles is 1. The van der Waals surface area contributed by atoms with Crippen LogP contribution >= 0.6 is 0 Å². The molecule has 2 aromatic rings. The lowest BCUT2D eigenvalue weighted by Crippen LogP contribution is -2.25. The van der Waals surface area contributed by atoms with E-state index in [0.29, 0.717) is 12.5 Å². The van der Waals surface area contributed by atoms with Crippen molar-refractivity contribution >= 4 is 16.8 Å². The molecule has 0 fully saturated rings. The Morgan fingerprint density at radius 3 is 2.95 bits per heavy atom. The number of rotatable bonds is 5. The molecule has 4 heteroatoms. The van der Waals surface area contributed by atoms with Gasteiger partial charge in [-0.2, -0.15) is 5.26 Å². The van der Waals surface area contributed by atoms with Crippen molar-refractivity contribution in [3.05, 3.63) is 36.0 Å². The highest BCUT2D eigenvalue weighted by Crippen LogP contribution is 2.23. The molecule has 20 heavy (non-hydrogen) atoms. The molecule has 1 atom stereocenters. The molecule has 1 heterocycles. The first-order valence-electron chi connectivity index (χ1n) is 6.88. The minimum atomic E-state index is -0.118. The number of aromatic nitrogens is 1. The van der Waals surface area contributed by atoms with E-state index in [1.54, 1.807) is 0 Å². The van der Waals surface area contributed by atoms with Gasteiger partial charge in [-0.3, -0.25) is 4.79 Å². The molecule has 0 saturated heterocycles. The number of fused-ring (bicyclic) bond motifs is 1. The van der Waals surface area contributed by atoms with E-state index in [9.17, 15) is 4.79 Å². The summed E-state index contributed by atoms with van der Waals surface area (Å²) >= 11 is 0. The van der Waals surface area contributed by atoms with Gasteiger partial charge in [0.2, 0.25) is 5.91 Å². The van der Waals surface area contributed by atoms with Crippen molar-refractivity contribution in [3.63, 3.8) is 0 Å². The third-order valence-corrected chi connectivity index (χ3v) is 3.58. The molecule has 1 aromatic heterocycles. The van der Waals surface area contributed by atoms with Gasteiger partial charge in [0.25, 0.3) is 0 Å². The van der Waals surface area contributed by atoms with Gasteiger partial charge in [-0.1, -0.05) is 19.1 Å². The highest BCUT2D eigenvalue weighted by atomic mass is 16.1. The van der Waals surface area contributed by atoms with Crippen molar-refractivity contribution in [2.24, 2.45) is 0 Å². The molecule has 1 aromatic carbocycles. The van der Waals surface area contributed by atoms with E-state index in [-0.39, 0.29) is 12.5 Å². The zero-order valence-corrected chi connectivity index (χ0v) is 11.9. The first-order valence-corrected chi connectivity index (χ1v) is 6.88. The first kappa shape index (κ1) is 14.1. The molecule has 0 radical (unpaired) electrons. The van der Waals surface area contributed by atoms with Gasteiger partial charge in [0.15, 0.2) is 0 Å². The Morgan fingerprint density at radius 2 is 2.25 bits per heavy atom. The normalized spacial score (nSPS) is 12.1. The van der Waals surface area contributed by atoms with E-state index >= 15 is 0 Å². The van der Waals surface area contributed by atoms with E-state index in [1.807, 2.05) is 18.2 Å². The summed E-state index contributed by atoms with van der Waals surface area (Å²) in [5.41, 5.74) is 2.13. The van der Waals surface area contributed by atoms with Crippen LogP contribution in [0.4, 0.5) is 0 Å². The Balaban J connectivity index is 2.24. The van der Waals surface area contributed by atoms with Crippen molar-refractivity contribution in [1.29, 1.82) is 5.26 Å². The van der Waals surface area contributed by atoms with Crippen LogP contribution in [0.25, 0.3) is 10.9 Å². The van der Waals surface area contributed by atoms with Crippen LogP contribution in [0.5, 0.6) is 0 Å².